The van der Waals surface area contributed by atoms with Gasteiger partial charge in [0, 0.05) is 11.9 Å². The van der Waals surface area contributed by atoms with Crippen LogP contribution in [0, 0.1) is 6.92 Å². The summed E-state index contributed by atoms with van der Waals surface area (Å²) in [5.74, 6) is 1.04. The van der Waals surface area contributed by atoms with E-state index in [-0.39, 0.29) is 5.75 Å². The summed E-state index contributed by atoms with van der Waals surface area (Å²) in [6.45, 7) is 1.78. The van der Waals surface area contributed by atoms with Gasteiger partial charge in [-0.05, 0) is 13.0 Å². The molecule has 78 valence electrons. The van der Waals surface area contributed by atoms with Crippen LogP contribution < -0.4 is 5.14 Å². The molecule has 7 heteroatoms. The quantitative estimate of drug-likeness (QED) is 0.591. The molecule has 2 N–H and O–H groups in total. The number of sulfonamides is 1. The SMILES string of the molecule is Cc1nccc(SCCS(N)(=O)=O)n1. The highest BCUT2D eigenvalue weighted by molar-refractivity contribution is 8.00. The molecule has 14 heavy (non-hydrogen) atoms. The molecule has 0 spiro atoms. The third-order valence-corrected chi connectivity index (χ3v) is 3.33. The minimum Gasteiger partial charge on any atom is -0.242 e. The summed E-state index contributed by atoms with van der Waals surface area (Å²) in [6, 6.07) is 1.74. The fourth-order valence-corrected chi connectivity index (χ4v) is 2.60. The highest BCUT2D eigenvalue weighted by atomic mass is 32.2. The van der Waals surface area contributed by atoms with Crippen LogP contribution in [-0.2, 0) is 10.0 Å². The number of aromatic nitrogens is 2. The lowest BCUT2D eigenvalue weighted by Gasteiger charge is -1.99. The van der Waals surface area contributed by atoms with Crippen LogP contribution in [0.25, 0.3) is 0 Å². The van der Waals surface area contributed by atoms with Crippen molar-refractivity contribution in [3.8, 4) is 0 Å². The van der Waals surface area contributed by atoms with Gasteiger partial charge in [-0.1, -0.05) is 0 Å². The minimum absolute atomic E-state index is 0.0410. The Labute approximate surface area is 87.2 Å². The molecule has 0 bridgehead atoms. The number of rotatable bonds is 4. The van der Waals surface area contributed by atoms with E-state index in [1.807, 2.05) is 0 Å². The van der Waals surface area contributed by atoms with Crippen LogP contribution in [0.4, 0.5) is 0 Å². The fourth-order valence-electron chi connectivity index (χ4n) is 0.777. The third kappa shape index (κ3) is 4.54. The second-order valence-corrected chi connectivity index (χ2v) is 5.51. The number of aryl methyl sites for hydroxylation is 1. The van der Waals surface area contributed by atoms with Gasteiger partial charge in [-0.3, -0.25) is 0 Å². The molecule has 1 heterocycles. The van der Waals surface area contributed by atoms with E-state index in [4.69, 9.17) is 5.14 Å². The highest BCUT2D eigenvalue weighted by Crippen LogP contribution is 2.13. The summed E-state index contributed by atoms with van der Waals surface area (Å²) in [5, 5.41) is 5.62. The topological polar surface area (TPSA) is 85.9 Å². The number of thioether (sulfide) groups is 1. The number of primary sulfonamides is 1. The molecular weight excluding hydrogens is 222 g/mol. The molecule has 1 rings (SSSR count). The Kier molecular flexibility index (Phi) is 3.85. The zero-order valence-electron chi connectivity index (χ0n) is 7.67. The zero-order chi connectivity index (χ0) is 10.6. The summed E-state index contributed by atoms with van der Waals surface area (Å²) >= 11 is 1.35. The molecule has 0 saturated heterocycles. The molecule has 0 atom stereocenters. The highest BCUT2D eigenvalue weighted by Gasteiger charge is 2.03. The molecule has 1 aromatic heterocycles. The van der Waals surface area contributed by atoms with Gasteiger partial charge in [0.15, 0.2) is 0 Å². The first-order chi connectivity index (χ1) is 6.47. The van der Waals surface area contributed by atoms with Crippen LogP contribution in [0.5, 0.6) is 0 Å². The normalized spacial score (nSPS) is 11.6. The molecule has 0 saturated carbocycles. The summed E-state index contributed by atoms with van der Waals surface area (Å²) in [4.78, 5) is 8.04. The van der Waals surface area contributed by atoms with E-state index in [0.29, 0.717) is 11.6 Å². The molecule has 5 nitrogen and oxygen atoms in total. The lowest BCUT2D eigenvalue weighted by atomic mass is 10.6. The number of nitrogens with zero attached hydrogens (tertiary/aromatic N) is 2. The van der Waals surface area contributed by atoms with Crippen LogP contribution in [0.15, 0.2) is 17.3 Å². The van der Waals surface area contributed by atoms with Crippen LogP contribution >= 0.6 is 11.8 Å². The summed E-state index contributed by atoms with van der Waals surface area (Å²) in [7, 11) is -3.37. The van der Waals surface area contributed by atoms with E-state index < -0.39 is 10.0 Å². The van der Waals surface area contributed by atoms with Gasteiger partial charge < -0.3 is 0 Å². The molecule has 0 aliphatic heterocycles. The molecule has 0 aromatic carbocycles. The van der Waals surface area contributed by atoms with Crippen LogP contribution in [0.2, 0.25) is 0 Å². The lowest BCUT2D eigenvalue weighted by molar-refractivity contribution is 0.599. The first-order valence-corrected chi connectivity index (χ1v) is 6.60. The van der Waals surface area contributed by atoms with Crippen molar-refractivity contribution in [2.24, 2.45) is 5.14 Å². The van der Waals surface area contributed by atoms with Gasteiger partial charge in [0.05, 0.1) is 10.8 Å². The van der Waals surface area contributed by atoms with Crippen molar-refractivity contribution in [2.75, 3.05) is 11.5 Å². The smallest absolute Gasteiger partial charge is 0.209 e. The van der Waals surface area contributed by atoms with Gasteiger partial charge in [0.25, 0.3) is 0 Å². The number of hydrogen-bond acceptors (Lipinski definition) is 5. The van der Waals surface area contributed by atoms with Crippen molar-refractivity contribution in [3.63, 3.8) is 0 Å². The van der Waals surface area contributed by atoms with Gasteiger partial charge in [-0.15, -0.1) is 11.8 Å². The Hall–Kier alpha value is -0.660. The molecule has 0 radical (unpaired) electrons. The van der Waals surface area contributed by atoms with Gasteiger partial charge >= 0.3 is 0 Å². The maximum atomic E-state index is 10.6. The summed E-state index contributed by atoms with van der Waals surface area (Å²) in [5.41, 5.74) is 0. The van der Waals surface area contributed by atoms with Gasteiger partial charge in [0.2, 0.25) is 10.0 Å². The number of nitrogens with two attached hydrogens (primary N) is 1. The van der Waals surface area contributed by atoms with E-state index in [1.165, 1.54) is 11.8 Å². The maximum absolute atomic E-state index is 10.6. The Bertz CT molecular complexity index is 405. The monoisotopic (exact) mass is 233 g/mol. The fraction of sp³-hybridized carbons (Fsp3) is 0.429. The van der Waals surface area contributed by atoms with Crippen LogP contribution in [-0.4, -0.2) is 29.9 Å². The van der Waals surface area contributed by atoms with Crippen molar-refractivity contribution in [2.45, 2.75) is 11.9 Å². The second kappa shape index (κ2) is 4.72. The molecular formula is C7H11N3O2S2. The molecule has 0 amide bonds. The van der Waals surface area contributed by atoms with Crippen molar-refractivity contribution in [1.82, 2.24) is 9.97 Å². The number of hydrogen-bond donors (Lipinski definition) is 1. The zero-order valence-corrected chi connectivity index (χ0v) is 9.31. The van der Waals surface area contributed by atoms with E-state index >= 15 is 0 Å². The van der Waals surface area contributed by atoms with Crippen molar-refractivity contribution >= 4 is 21.8 Å². The van der Waals surface area contributed by atoms with E-state index in [2.05, 4.69) is 9.97 Å². The third-order valence-electron chi connectivity index (χ3n) is 1.37. The van der Waals surface area contributed by atoms with Crippen molar-refractivity contribution < 1.29 is 8.42 Å². The van der Waals surface area contributed by atoms with Crippen molar-refractivity contribution in [1.29, 1.82) is 0 Å². The van der Waals surface area contributed by atoms with Gasteiger partial charge in [0.1, 0.15) is 5.82 Å². The molecule has 0 fully saturated rings. The first-order valence-electron chi connectivity index (χ1n) is 3.90. The molecule has 0 aliphatic carbocycles. The minimum atomic E-state index is -3.37. The average Bonchev–Trinajstić information content (AvgIpc) is 2.01. The van der Waals surface area contributed by atoms with Gasteiger partial charge in [-0.25, -0.2) is 23.5 Å². The van der Waals surface area contributed by atoms with Gasteiger partial charge in [-0.2, -0.15) is 0 Å². The second-order valence-electron chi connectivity index (χ2n) is 2.66. The molecule has 0 unspecified atom stereocenters. The average molecular weight is 233 g/mol. The summed E-state index contributed by atoms with van der Waals surface area (Å²) in [6.07, 6.45) is 1.64. The van der Waals surface area contributed by atoms with Crippen LogP contribution in [0.1, 0.15) is 5.82 Å². The van der Waals surface area contributed by atoms with Crippen LogP contribution in [0.3, 0.4) is 0 Å². The Balaban J connectivity index is 2.47. The standard InChI is InChI=1S/C7H11N3O2S2/c1-6-9-3-2-7(10-6)13-4-5-14(8,11)12/h2-3H,4-5H2,1H3,(H2,8,11,12). The lowest BCUT2D eigenvalue weighted by Crippen LogP contribution is -2.17. The largest absolute Gasteiger partial charge is 0.242 e. The van der Waals surface area contributed by atoms with E-state index in [1.54, 1.807) is 19.2 Å². The maximum Gasteiger partial charge on any atom is 0.209 e. The molecule has 0 aliphatic rings. The molecule has 1 aromatic rings. The van der Waals surface area contributed by atoms with E-state index in [0.717, 1.165) is 5.03 Å². The van der Waals surface area contributed by atoms with E-state index in [9.17, 15) is 8.42 Å². The Morgan fingerprint density at radius 3 is 2.86 bits per heavy atom. The van der Waals surface area contributed by atoms with Crippen molar-refractivity contribution in [3.05, 3.63) is 18.1 Å². The Morgan fingerprint density at radius 2 is 2.29 bits per heavy atom. The Morgan fingerprint density at radius 1 is 1.57 bits per heavy atom. The predicted molar refractivity (Wildman–Crippen MR) is 55.5 cm³/mol. The predicted octanol–water partition coefficient (Wildman–Crippen LogP) is 0.166. The summed E-state index contributed by atoms with van der Waals surface area (Å²) < 4.78 is 21.2. The first kappa shape index (κ1) is 11.4.